The summed E-state index contributed by atoms with van der Waals surface area (Å²) >= 11 is 1.13. The maximum atomic E-state index is 12.5. The van der Waals surface area contributed by atoms with E-state index in [4.69, 9.17) is 0 Å². The van der Waals surface area contributed by atoms with Gasteiger partial charge in [0.1, 0.15) is 5.75 Å². The minimum atomic E-state index is -4.81. The molecule has 0 aromatic heterocycles. The molecule has 2 aromatic rings. The lowest BCUT2D eigenvalue weighted by molar-refractivity contribution is -0.275. The third kappa shape index (κ3) is 8.06. The first kappa shape index (κ1) is 22.6. The van der Waals surface area contributed by atoms with Crippen LogP contribution in [0, 0.1) is 6.92 Å². The molecule has 0 unspecified atom stereocenters. The van der Waals surface area contributed by atoms with Gasteiger partial charge in [0.05, 0.1) is 11.5 Å². The number of anilines is 1. The molecule has 0 bridgehead atoms. The number of ether oxygens (including phenoxy) is 1. The smallest absolute Gasteiger partial charge is 0.405 e. The van der Waals surface area contributed by atoms with Gasteiger partial charge in [-0.25, -0.2) is 0 Å². The molecule has 0 saturated heterocycles. The molecule has 2 amide bonds. The summed E-state index contributed by atoms with van der Waals surface area (Å²) in [5.41, 5.74) is 1.94. The monoisotopic (exact) mass is 426 g/mol. The van der Waals surface area contributed by atoms with Crippen LogP contribution >= 0.6 is 11.8 Å². The van der Waals surface area contributed by atoms with Crippen molar-refractivity contribution in [3.8, 4) is 5.75 Å². The Balaban J connectivity index is 1.81. The highest BCUT2D eigenvalue weighted by atomic mass is 32.2. The Bertz CT molecular complexity index is 859. The Morgan fingerprint density at radius 1 is 1.10 bits per heavy atom. The molecule has 156 valence electrons. The lowest BCUT2D eigenvalue weighted by Crippen LogP contribution is -2.29. The summed E-state index contributed by atoms with van der Waals surface area (Å²) in [4.78, 5) is 25.5. The number of hydrogen-bond acceptors (Lipinski definition) is 4. The van der Waals surface area contributed by atoms with E-state index >= 15 is 0 Å². The number of carbonyl (C=O) groups excluding carboxylic acids is 2. The first-order valence-electron chi connectivity index (χ1n) is 8.66. The summed E-state index contributed by atoms with van der Waals surface area (Å²) in [6.07, 6.45) is -4.81. The fraction of sp³-hybridized carbons (Fsp3) is 0.300. The van der Waals surface area contributed by atoms with E-state index in [-0.39, 0.29) is 41.2 Å². The van der Waals surface area contributed by atoms with Crippen LogP contribution in [0.4, 0.5) is 18.9 Å². The molecule has 2 rings (SSSR count). The average Bonchev–Trinajstić information content (AvgIpc) is 2.62. The first-order chi connectivity index (χ1) is 13.6. The minimum absolute atomic E-state index is 0.0278. The highest BCUT2D eigenvalue weighted by Crippen LogP contribution is 2.27. The van der Waals surface area contributed by atoms with Crippen LogP contribution in [0.3, 0.4) is 0 Å². The number of benzene rings is 2. The molecule has 5 nitrogen and oxygen atoms in total. The normalized spacial score (nSPS) is 11.1. The molecule has 0 aliphatic heterocycles. The highest BCUT2D eigenvalue weighted by Gasteiger charge is 2.32. The maximum absolute atomic E-state index is 12.5. The van der Waals surface area contributed by atoms with Gasteiger partial charge in [-0.3, -0.25) is 9.59 Å². The van der Waals surface area contributed by atoms with E-state index in [0.717, 1.165) is 17.3 Å². The number of halogens is 3. The number of hydrogen-bond donors (Lipinski definition) is 1. The van der Waals surface area contributed by atoms with Crippen LogP contribution in [0.1, 0.15) is 11.1 Å². The summed E-state index contributed by atoms with van der Waals surface area (Å²) in [5.74, 6) is -0.772. The van der Waals surface area contributed by atoms with E-state index in [1.54, 1.807) is 12.1 Å². The van der Waals surface area contributed by atoms with Gasteiger partial charge in [-0.05, 0) is 30.7 Å². The van der Waals surface area contributed by atoms with Crippen molar-refractivity contribution in [1.29, 1.82) is 0 Å². The number of para-hydroxylation sites is 1. The second kappa shape index (κ2) is 10.2. The fourth-order valence-corrected chi connectivity index (χ4v) is 3.22. The summed E-state index contributed by atoms with van der Waals surface area (Å²) < 4.78 is 41.5. The predicted octanol–water partition coefficient (Wildman–Crippen LogP) is 4.22. The van der Waals surface area contributed by atoms with Gasteiger partial charge in [0, 0.05) is 24.8 Å². The number of rotatable bonds is 8. The molecule has 0 heterocycles. The Morgan fingerprint density at radius 3 is 2.52 bits per heavy atom. The maximum Gasteiger partial charge on any atom is 0.573 e. The fourth-order valence-electron chi connectivity index (χ4n) is 2.46. The van der Waals surface area contributed by atoms with E-state index in [0.29, 0.717) is 5.69 Å². The SMILES string of the molecule is Cc1cccc(NC(=O)CSCC(=O)N(C)Cc2ccccc2OC(F)(F)F)c1. The number of alkyl halides is 3. The molecule has 29 heavy (non-hydrogen) atoms. The van der Waals surface area contributed by atoms with Crippen LogP contribution < -0.4 is 10.1 Å². The van der Waals surface area contributed by atoms with Crippen LogP contribution in [0.2, 0.25) is 0 Å². The molecule has 0 fully saturated rings. The zero-order valence-corrected chi connectivity index (χ0v) is 16.8. The van der Waals surface area contributed by atoms with Crippen molar-refractivity contribution in [2.24, 2.45) is 0 Å². The standard InChI is InChI=1S/C20H21F3N2O3S/c1-14-6-5-8-16(10-14)24-18(26)12-29-13-19(27)25(2)11-15-7-3-4-9-17(15)28-20(21,22)23/h3-10H,11-13H2,1-2H3,(H,24,26). The zero-order valence-electron chi connectivity index (χ0n) is 16.0. The Hall–Kier alpha value is -2.68. The van der Waals surface area contributed by atoms with Gasteiger partial charge >= 0.3 is 6.36 Å². The van der Waals surface area contributed by atoms with Gasteiger partial charge in [-0.15, -0.1) is 24.9 Å². The van der Waals surface area contributed by atoms with Gasteiger partial charge in [0.2, 0.25) is 11.8 Å². The van der Waals surface area contributed by atoms with E-state index in [1.165, 1.54) is 30.1 Å². The van der Waals surface area contributed by atoms with E-state index in [2.05, 4.69) is 10.1 Å². The summed E-state index contributed by atoms with van der Waals surface area (Å²) in [5, 5.41) is 2.75. The van der Waals surface area contributed by atoms with Crippen LogP contribution in [-0.4, -0.2) is 41.6 Å². The first-order valence-corrected chi connectivity index (χ1v) is 9.81. The van der Waals surface area contributed by atoms with Gasteiger partial charge in [-0.2, -0.15) is 0 Å². The molecule has 9 heteroatoms. The van der Waals surface area contributed by atoms with E-state index in [9.17, 15) is 22.8 Å². The number of nitrogens with one attached hydrogen (secondary N) is 1. The van der Waals surface area contributed by atoms with Crippen LogP contribution in [0.5, 0.6) is 5.75 Å². The van der Waals surface area contributed by atoms with Crippen molar-refractivity contribution in [2.75, 3.05) is 23.9 Å². The summed E-state index contributed by atoms with van der Waals surface area (Å²) in [6.45, 7) is 1.87. The van der Waals surface area contributed by atoms with Crippen LogP contribution in [-0.2, 0) is 16.1 Å². The second-order valence-electron chi connectivity index (χ2n) is 6.32. The zero-order chi connectivity index (χ0) is 21.4. The largest absolute Gasteiger partial charge is 0.573 e. The number of carbonyl (C=O) groups is 2. The van der Waals surface area contributed by atoms with Gasteiger partial charge in [-0.1, -0.05) is 30.3 Å². The molecule has 1 N–H and O–H groups in total. The summed E-state index contributed by atoms with van der Waals surface area (Å²) in [6, 6.07) is 13.0. The third-order valence-electron chi connectivity index (χ3n) is 3.79. The van der Waals surface area contributed by atoms with Crippen molar-refractivity contribution in [1.82, 2.24) is 4.90 Å². The van der Waals surface area contributed by atoms with Crippen molar-refractivity contribution in [2.45, 2.75) is 19.8 Å². The van der Waals surface area contributed by atoms with Gasteiger partial charge in [0.15, 0.2) is 0 Å². The molecule has 0 radical (unpaired) electrons. The second-order valence-corrected chi connectivity index (χ2v) is 7.30. The molecular weight excluding hydrogens is 405 g/mol. The van der Waals surface area contributed by atoms with E-state index in [1.807, 2.05) is 25.1 Å². The number of nitrogens with zero attached hydrogens (tertiary/aromatic N) is 1. The Kier molecular flexibility index (Phi) is 7.95. The third-order valence-corrected chi connectivity index (χ3v) is 4.71. The average molecular weight is 426 g/mol. The molecule has 0 aliphatic rings. The quantitative estimate of drug-likeness (QED) is 0.687. The predicted molar refractivity (Wildman–Crippen MR) is 107 cm³/mol. The lowest BCUT2D eigenvalue weighted by Gasteiger charge is -2.19. The van der Waals surface area contributed by atoms with Crippen molar-refractivity contribution in [3.63, 3.8) is 0 Å². The van der Waals surface area contributed by atoms with Gasteiger partial charge in [0.25, 0.3) is 0 Å². The lowest BCUT2D eigenvalue weighted by atomic mass is 10.2. The van der Waals surface area contributed by atoms with Crippen LogP contribution in [0.15, 0.2) is 48.5 Å². The molecule has 0 saturated carbocycles. The van der Waals surface area contributed by atoms with Crippen molar-refractivity contribution < 1.29 is 27.5 Å². The number of aryl methyl sites for hydroxylation is 1. The molecule has 0 atom stereocenters. The van der Waals surface area contributed by atoms with Crippen molar-refractivity contribution in [3.05, 3.63) is 59.7 Å². The minimum Gasteiger partial charge on any atom is -0.405 e. The summed E-state index contributed by atoms with van der Waals surface area (Å²) in [7, 11) is 1.49. The van der Waals surface area contributed by atoms with Crippen molar-refractivity contribution >= 4 is 29.3 Å². The van der Waals surface area contributed by atoms with E-state index < -0.39 is 6.36 Å². The molecule has 0 spiro atoms. The number of amides is 2. The molecule has 2 aromatic carbocycles. The molecular formula is C20H21F3N2O3S. The van der Waals surface area contributed by atoms with Crippen LogP contribution in [0.25, 0.3) is 0 Å². The highest BCUT2D eigenvalue weighted by molar-refractivity contribution is 8.00. The van der Waals surface area contributed by atoms with Gasteiger partial charge < -0.3 is 15.0 Å². The molecule has 0 aliphatic carbocycles. The topological polar surface area (TPSA) is 58.6 Å². The Morgan fingerprint density at radius 2 is 1.83 bits per heavy atom. The Labute approximate surface area is 171 Å². The number of thioether (sulfide) groups is 1.